The average molecular weight is 460 g/mol. The summed E-state index contributed by atoms with van der Waals surface area (Å²) in [5.74, 6) is 1.05. The highest BCUT2D eigenvalue weighted by molar-refractivity contribution is 7.20. The molecule has 2 heterocycles. The van der Waals surface area contributed by atoms with Crippen LogP contribution in [-0.4, -0.2) is 9.97 Å². The summed E-state index contributed by atoms with van der Waals surface area (Å²) in [6.07, 6.45) is 0. The molecule has 0 saturated heterocycles. The molecule has 2 aromatic heterocycles. The second-order valence-corrected chi connectivity index (χ2v) is 8.98. The maximum atomic E-state index is 6.03. The first-order valence-electron chi connectivity index (χ1n) is 8.40. The van der Waals surface area contributed by atoms with E-state index in [9.17, 15) is 0 Å². The molecule has 0 aliphatic carbocycles. The highest BCUT2D eigenvalue weighted by Crippen LogP contribution is 2.37. The van der Waals surface area contributed by atoms with Gasteiger partial charge < -0.3 is 15.2 Å². The molecule has 2 N–H and O–H groups in total. The number of nitrogens with two attached hydrogens (primary N) is 1. The Kier molecular flexibility index (Phi) is 4.67. The molecule has 0 aliphatic heterocycles. The van der Waals surface area contributed by atoms with Gasteiger partial charge in [-0.3, -0.25) is 0 Å². The van der Waals surface area contributed by atoms with Gasteiger partial charge in [-0.2, -0.15) is 0 Å². The van der Waals surface area contributed by atoms with Crippen LogP contribution in [0, 0.1) is 0 Å². The first kappa shape index (κ1) is 18.4. The molecular weight excluding hydrogens is 449 g/mol. The summed E-state index contributed by atoms with van der Waals surface area (Å²) >= 11 is 14.9. The number of nitrogens with zero attached hydrogens (tertiary/aromatic N) is 2. The first-order valence-corrected chi connectivity index (χ1v) is 10.8. The van der Waals surface area contributed by atoms with Gasteiger partial charge in [0.2, 0.25) is 0 Å². The number of thiazole rings is 2. The van der Waals surface area contributed by atoms with Crippen molar-refractivity contribution in [3.05, 3.63) is 64.6 Å². The molecule has 5 aromatic rings. The summed E-state index contributed by atoms with van der Waals surface area (Å²) in [6.45, 7) is 0. The molecule has 0 radical (unpaired) electrons. The Morgan fingerprint density at radius 1 is 0.690 bits per heavy atom. The number of fused-ring (bicyclic) bond motifs is 2. The van der Waals surface area contributed by atoms with Crippen LogP contribution >= 0.6 is 45.9 Å². The standard InChI is InChI=1S/C20H11Cl2N3O2S2/c21-10-1-3-17-15(5-10)24-19(28-17)26-13-7-12(23)8-14(9-13)27-20-25-16-6-11(22)2-4-18(16)29-20/h1-9H,23H2. The maximum absolute atomic E-state index is 6.03. The van der Waals surface area contributed by atoms with Crippen LogP contribution in [-0.2, 0) is 0 Å². The Morgan fingerprint density at radius 3 is 1.66 bits per heavy atom. The summed E-state index contributed by atoms with van der Waals surface area (Å²) < 4.78 is 13.8. The number of nitrogen functional groups attached to an aromatic ring is 1. The molecule has 0 atom stereocenters. The van der Waals surface area contributed by atoms with E-state index in [0.717, 1.165) is 20.4 Å². The third-order valence-corrected chi connectivity index (χ3v) is 6.27. The van der Waals surface area contributed by atoms with E-state index >= 15 is 0 Å². The minimum atomic E-state index is 0.494. The van der Waals surface area contributed by atoms with E-state index in [-0.39, 0.29) is 0 Å². The largest absolute Gasteiger partial charge is 0.431 e. The van der Waals surface area contributed by atoms with Crippen molar-refractivity contribution in [2.75, 3.05) is 5.73 Å². The number of rotatable bonds is 4. The van der Waals surface area contributed by atoms with E-state index < -0.39 is 0 Å². The van der Waals surface area contributed by atoms with E-state index in [1.54, 1.807) is 30.3 Å². The van der Waals surface area contributed by atoms with E-state index in [2.05, 4.69) is 9.97 Å². The number of anilines is 1. The molecule has 0 unspecified atom stereocenters. The number of hydrogen-bond donors (Lipinski definition) is 1. The lowest BCUT2D eigenvalue weighted by Crippen LogP contribution is -1.91. The molecule has 0 saturated carbocycles. The van der Waals surface area contributed by atoms with Gasteiger partial charge in [-0.25, -0.2) is 9.97 Å². The smallest absolute Gasteiger partial charge is 0.279 e. The zero-order chi connectivity index (χ0) is 20.0. The third kappa shape index (κ3) is 3.95. The van der Waals surface area contributed by atoms with Crippen molar-refractivity contribution in [3.8, 4) is 21.9 Å². The molecule has 0 aliphatic rings. The number of aromatic nitrogens is 2. The first-order chi connectivity index (χ1) is 14.0. The quantitative estimate of drug-likeness (QED) is 0.283. The second-order valence-electron chi connectivity index (χ2n) is 6.13. The minimum Gasteiger partial charge on any atom is -0.431 e. The van der Waals surface area contributed by atoms with E-state index in [1.165, 1.54) is 22.7 Å². The fourth-order valence-electron chi connectivity index (χ4n) is 2.76. The fourth-order valence-corrected chi connectivity index (χ4v) is 4.72. The highest BCUT2D eigenvalue weighted by Gasteiger charge is 2.11. The van der Waals surface area contributed by atoms with Gasteiger partial charge in [-0.1, -0.05) is 45.9 Å². The maximum Gasteiger partial charge on any atom is 0.279 e. The van der Waals surface area contributed by atoms with E-state index in [0.29, 0.717) is 37.6 Å². The van der Waals surface area contributed by atoms with Crippen LogP contribution in [0.1, 0.15) is 0 Å². The highest BCUT2D eigenvalue weighted by atomic mass is 35.5. The van der Waals surface area contributed by atoms with Crippen molar-refractivity contribution in [3.63, 3.8) is 0 Å². The normalized spacial score (nSPS) is 11.2. The summed E-state index contributed by atoms with van der Waals surface area (Å²) in [5.41, 5.74) is 8.10. The third-order valence-electron chi connectivity index (χ3n) is 3.97. The molecule has 144 valence electrons. The van der Waals surface area contributed by atoms with Crippen molar-refractivity contribution in [2.24, 2.45) is 0 Å². The lowest BCUT2D eigenvalue weighted by molar-refractivity contribution is 0.458. The van der Waals surface area contributed by atoms with Crippen LogP contribution in [0.4, 0.5) is 5.69 Å². The van der Waals surface area contributed by atoms with Gasteiger partial charge in [0.15, 0.2) is 0 Å². The summed E-state index contributed by atoms with van der Waals surface area (Å²) in [6, 6.07) is 16.2. The fraction of sp³-hybridized carbons (Fsp3) is 0. The van der Waals surface area contributed by atoms with Crippen molar-refractivity contribution >= 4 is 72.0 Å². The predicted molar refractivity (Wildman–Crippen MR) is 120 cm³/mol. The Balaban J connectivity index is 1.42. The zero-order valence-electron chi connectivity index (χ0n) is 14.6. The van der Waals surface area contributed by atoms with Crippen molar-refractivity contribution in [2.45, 2.75) is 0 Å². The molecule has 9 heteroatoms. The van der Waals surface area contributed by atoms with Gasteiger partial charge in [0.1, 0.15) is 11.5 Å². The minimum absolute atomic E-state index is 0.494. The van der Waals surface area contributed by atoms with Crippen molar-refractivity contribution in [1.82, 2.24) is 9.97 Å². The van der Waals surface area contributed by atoms with Gasteiger partial charge in [-0.05, 0) is 36.4 Å². The Labute approximate surface area is 183 Å². The summed E-state index contributed by atoms with van der Waals surface area (Å²) in [7, 11) is 0. The lowest BCUT2D eigenvalue weighted by Gasteiger charge is -2.07. The molecule has 0 fully saturated rings. The SMILES string of the molecule is Nc1cc(Oc2nc3cc(Cl)ccc3s2)cc(Oc2nc3cc(Cl)ccc3s2)c1. The number of hydrogen-bond acceptors (Lipinski definition) is 7. The van der Waals surface area contributed by atoms with Crippen LogP contribution in [0.3, 0.4) is 0 Å². The summed E-state index contributed by atoms with van der Waals surface area (Å²) in [4.78, 5) is 8.91. The molecule has 5 nitrogen and oxygen atoms in total. The number of benzene rings is 3. The van der Waals surface area contributed by atoms with Crippen LogP contribution in [0.15, 0.2) is 54.6 Å². The Bertz CT molecular complexity index is 1270. The van der Waals surface area contributed by atoms with Crippen LogP contribution in [0.5, 0.6) is 21.9 Å². The number of halogens is 2. The molecule has 3 aromatic carbocycles. The molecule has 5 rings (SSSR count). The molecular formula is C20H11Cl2N3O2S2. The van der Waals surface area contributed by atoms with Crippen LogP contribution in [0.25, 0.3) is 20.4 Å². The number of ether oxygens (including phenoxy) is 2. The van der Waals surface area contributed by atoms with Crippen LogP contribution < -0.4 is 15.2 Å². The zero-order valence-corrected chi connectivity index (χ0v) is 17.7. The molecule has 0 amide bonds. The molecule has 0 spiro atoms. The average Bonchev–Trinajstić information content (AvgIpc) is 3.22. The second kappa shape index (κ2) is 7.35. The van der Waals surface area contributed by atoms with Gasteiger partial charge in [0.05, 0.1) is 20.4 Å². The van der Waals surface area contributed by atoms with E-state index in [4.69, 9.17) is 38.4 Å². The predicted octanol–water partition coefficient (Wildman–Crippen LogP) is 7.38. The van der Waals surface area contributed by atoms with Crippen molar-refractivity contribution < 1.29 is 9.47 Å². The Hall–Kier alpha value is -2.58. The lowest BCUT2D eigenvalue weighted by atomic mass is 10.3. The van der Waals surface area contributed by atoms with Gasteiger partial charge in [-0.15, -0.1) is 0 Å². The van der Waals surface area contributed by atoms with Gasteiger partial charge >= 0.3 is 0 Å². The van der Waals surface area contributed by atoms with Crippen LogP contribution in [0.2, 0.25) is 10.0 Å². The Morgan fingerprint density at radius 2 is 1.17 bits per heavy atom. The van der Waals surface area contributed by atoms with E-state index in [1.807, 2.05) is 24.3 Å². The molecule has 29 heavy (non-hydrogen) atoms. The monoisotopic (exact) mass is 459 g/mol. The van der Waals surface area contributed by atoms with Crippen molar-refractivity contribution in [1.29, 1.82) is 0 Å². The van der Waals surface area contributed by atoms with Gasteiger partial charge in [0.25, 0.3) is 10.4 Å². The summed E-state index contributed by atoms with van der Waals surface area (Å²) in [5, 5.41) is 2.25. The van der Waals surface area contributed by atoms with Gasteiger partial charge in [0, 0.05) is 33.9 Å². The molecule has 0 bridgehead atoms. The topological polar surface area (TPSA) is 70.3 Å².